The van der Waals surface area contributed by atoms with E-state index < -0.39 is 0 Å². The van der Waals surface area contributed by atoms with Gasteiger partial charge < -0.3 is 4.84 Å². The highest BCUT2D eigenvalue weighted by Crippen LogP contribution is 2.21. The van der Waals surface area contributed by atoms with Crippen molar-refractivity contribution in [2.45, 2.75) is 25.9 Å². The van der Waals surface area contributed by atoms with E-state index in [1.807, 2.05) is 6.07 Å². The molecule has 0 amide bonds. The van der Waals surface area contributed by atoms with E-state index in [-0.39, 0.29) is 11.2 Å². The molecule has 1 aliphatic rings. The number of carbonyl (C=O) groups is 1. The molecular formula is C14H16N2O2S. The number of rotatable bonds is 5. The Morgan fingerprint density at radius 3 is 3.00 bits per heavy atom. The molecule has 19 heavy (non-hydrogen) atoms. The largest absolute Gasteiger partial charge is 0.391 e. The molecule has 0 aromatic carbocycles. The summed E-state index contributed by atoms with van der Waals surface area (Å²) in [4.78, 5) is 16.6. The number of carbonyl (C=O) groups excluding carboxylic acids is 1. The molecule has 1 unspecified atom stereocenters. The SMILES string of the molecule is C=C/C(=C\C=C(/C)C#N)C1=NOC(CC(=O)SC)C1. The normalized spacial score (nSPS) is 19.4. The van der Waals surface area contributed by atoms with Crippen molar-refractivity contribution >= 4 is 22.6 Å². The minimum atomic E-state index is -0.195. The summed E-state index contributed by atoms with van der Waals surface area (Å²) in [6.45, 7) is 5.45. The number of oxime groups is 1. The molecule has 5 heteroatoms. The minimum absolute atomic E-state index is 0.0887. The molecule has 1 heterocycles. The standard InChI is InChI=1S/C14H16N2O2S/c1-4-11(6-5-10(2)9-15)13-7-12(18-16-13)8-14(17)19-3/h4-6,12H,1,7-8H2,2-3H3/b10-5+,11-6+. The van der Waals surface area contributed by atoms with Gasteiger partial charge in [-0.25, -0.2) is 0 Å². The van der Waals surface area contributed by atoms with Crippen LogP contribution in [0.5, 0.6) is 0 Å². The molecule has 1 atom stereocenters. The van der Waals surface area contributed by atoms with Crippen molar-refractivity contribution in [3.05, 3.63) is 36.0 Å². The van der Waals surface area contributed by atoms with E-state index >= 15 is 0 Å². The second-order valence-electron chi connectivity index (χ2n) is 4.04. The molecular weight excluding hydrogens is 260 g/mol. The van der Waals surface area contributed by atoms with Gasteiger partial charge in [-0.2, -0.15) is 5.26 Å². The third-order valence-electron chi connectivity index (χ3n) is 2.60. The van der Waals surface area contributed by atoms with E-state index in [9.17, 15) is 4.79 Å². The molecule has 0 fully saturated rings. The van der Waals surface area contributed by atoms with Crippen LogP contribution in [0.1, 0.15) is 19.8 Å². The van der Waals surface area contributed by atoms with Gasteiger partial charge in [-0.15, -0.1) is 0 Å². The lowest BCUT2D eigenvalue weighted by atomic mass is 10.0. The van der Waals surface area contributed by atoms with Crippen molar-refractivity contribution in [3.8, 4) is 6.07 Å². The van der Waals surface area contributed by atoms with Crippen molar-refractivity contribution in [2.24, 2.45) is 5.16 Å². The van der Waals surface area contributed by atoms with E-state index in [0.717, 1.165) is 11.3 Å². The minimum Gasteiger partial charge on any atom is -0.391 e. The maximum Gasteiger partial charge on any atom is 0.192 e. The Morgan fingerprint density at radius 1 is 1.68 bits per heavy atom. The fourth-order valence-corrected chi connectivity index (χ4v) is 1.86. The van der Waals surface area contributed by atoms with Crippen molar-refractivity contribution < 1.29 is 9.63 Å². The van der Waals surface area contributed by atoms with Gasteiger partial charge in [0.05, 0.1) is 18.2 Å². The smallest absolute Gasteiger partial charge is 0.192 e. The Kier molecular flexibility index (Phi) is 6.10. The Hall–Kier alpha value is -1.80. The first kappa shape index (κ1) is 15.3. The lowest BCUT2D eigenvalue weighted by Gasteiger charge is -2.05. The number of thioether (sulfide) groups is 1. The van der Waals surface area contributed by atoms with Crippen LogP contribution in [0.4, 0.5) is 0 Å². The predicted molar refractivity (Wildman–Crippen MR) is 77.7 cm³/mol. The first-order valence-corrected chi connectivity index (χ1v) is 7.04. The maximum atomic E-state index is 11.3. The lowest BCUT2D eigenvalue weighted by molar-refractivity contribution is -0.113. The molecule has 0 aromatic heterocycles. The van der Waals surface area contributed by atoms with Gasteiger partial charge in [-0.05, 0) is 24.8 Å². The van der Waals surface area contributed by atoms with Crippen LogP contribution in [0.3, 0.4) is 0 Å². The van der Waals surface area contributed by atoms with Gasteiger partial charge in [0.15, 0.2) is 5.12 Å². The third kappa shape index (κ3) is 4.76. The van der Waals surface area contributed by atoms with Crippen molar-refractivity contribution in [1.82, 2.24) is 0 Å². The molecule has 0 radical (unpaired) electrons. The zero-order valence-corrected chi connectivity index (χ0v) is 11.9. The topological polar surface area (TPSA) is 62.4 Å². The number of allylic oxidation sites excluding steroid dienone is 5. The molecule has 0 saturated carbocycles. The highest BCUT2D eigenvalue weighted by atomic mass is 32.2. The monoisotopic (exact) mass is 276 g/mol. The Morgan fingerprint density at radius 2 is 2.42 bits per heavy atom. The molecule has 0 aromatic rings. The highest BCUT2D eigenvalue weighted by molar-refractivity contribution is 8.13. The summed E-state index contributed by atoms with van der Waals surface area (Å²) in [7, 11) is 0. The lowest BCUT2D eigenvalue weighted by Crippen LogP contribution is -2.12. The molecule has 0 N–H and O–H groups in total. The van der Waals surface area contributed by atoms with E-state index in [0.29, 0.717) is 18.4 Å². The molecule has 100 valence electrons. The molecule has 0 spiro atoms. The fraction of sp³-hybridized carbons (Fsp3) is 0.357. The van der Waals surface area contributed by atoms with E-state index in [4.69, 9.17) is 10.1 Å². The van der Waals surface area contributed by atoms with Crippen LogP contribution in [0, 0.1) is 11.3 Å². The van der Waals surface area contributed by atoms with Crippen LogP contribution in [-0.2, 0) is 9.63 Å². The Balaban J connectivity index is 2.69. The van der Waals surface area contributed by atoms with Crippen LogP contribution in [0.25, 0.3) is 0 Å². The van der Waals surface area contributed by atoms with E-state index in [2.05, 4.69) is 11.7 Å². The molecule has 0 bridgehead atoms. The first-order chi connectivity index (χ1) is 9.10. The first-order valence-electron chi connectivity index (χ1n) is 5.81. The second-order valence-corrected chi connectivity index (χ2v) is 4.90. The molecule has 0 aliphatic carbocycles. The van der Waals surface area contributed by atoms with Gasteiger partial charge in [0.1, 0.15) is 6.10 Å². The summed E-state index contributed by atoms with van der Waals surface area (Å²) in [5.41, 5.74) is 2.18. The van der Waals surface area contributed by atoms with Gasteiger partial charge in [-0.1, -0.05) is 35.6 Å². The number of hydrogen-bond acceptors (Lipinski definition) is 5. The van der Waals surface area contributed by atoms with Gasteiger partial charge in [0.2, 0.25) is 0 Å². The quantitative estimate of drug-likeness (QED) is 0.572. The van der Waals surface area contributed by atoms with Crippen molar-refractivity contribution in [2.75, 3.05) is 6.26 Å². The Labute approximate surface area is 117 Å². The summed E-state index contributed by atoms with van der Waals surface area (Å²) in [6, 6.07) is 2.04. The number of hydrogen-bond donors (Lipinski definition) is 0. The van der Waals surface area contributed by atoms with Crippen molar-refractivity contribution in [1.29, 1.82) is 5.26 Å². The second kappa shape index (κ2) is 7.59. The number of nitrogens with zero attached hydrogens (tertiary/aromatic N) is 2. The van der Waals surface area contributed by atoms with Gasteiger partial charge in [0, 0.05) is 12.0 Å². The summed E-state index contributed by atoms with van der Waals surface area (Å²) in [5, 5.41) is 12.8. The predicted octanol–water partition coefficient (Wildman–Crippen LogP) is 2.99. The number of nitriles is 1. The fourth-order valence-electron chi connectivity index (χ4n) is 1.51. The third-order valence-corrected chi connectivity index (χ3v) is 3.22. The zero-order chi connectivity index (χ0) is 14.3. The molecule has 4 nitrogen and oxygen atoms in total. The van der Waals surface area contributed by atoms with E-state index in [1.165, 1.54) is 11.8 Å². The Bertz CT molecular complexity index is 498. The average Bonchev–Trinajstić information content (AvgIpc) is 2.87. The van der Waals surface area contributed by atoms with Crippen molar-refractivity contribution in [3.63, 3.8) is 0 Å². The summed E-state index contributed by atoms with van der Waals surface area (Å²) in [5.74, 6) is 0. The maximum absolute atomic E-state index is 11.3. The van der Waals surface area contributed by atoms with Crippen LogP contribution < -0.4 is 0 Å². The molecule has 0 saturated heterocycles. The van der Waals surface area contributed by atoms with Crippen LogP contribution in [0.2, 0.25) is 0 Å². The van der Waals surface area contributed by atoms with Crippen LogP contribution in [-0.4, -0.2) is 23.2 Å². The molecule has 1 rings (SSSR count). The summed E-state index contributed by atoms with van der Waals surface area (Å²) >= 11 is 1.19. The van der Waals surface area contributed by atoms with E-state index in [1.54, 1.807) is 31.4 Å². The van der Waals surface area contributed by atoms with Crippen LogP contribution >= 0.6 is 11.8 Å². The molecule has 1 aliphatic heterocycles. The zero-order valence-electron chi connectivity index (χ0n) is 11.0. The highest BCUT2D eigenvalue weighted by Gasteiger charge is 2.24. The van der Waals surface area contributed by atoms with Gasteiger partial charge in [0.25, 0.3) is 0 Å². The average molecular weight is 276 g/mol. The summed E-state index contributed by atoms with van der Waals surface area (Å²) in [6.07, 6.45) is 7.66. The van der Waals surface area contributed by atoms with Gasteiger partial charge >= 0.3 is 0 Å². The summed E-state index contributed by atoms with van der Waals surface area (Å²) < 4.78 is 0. The van der Waals surface area contributed by atoms with Gasteiger partial charge in [-0.3, -0.25) is 4.79 Å². The van der Waals surface area contributed by atoms with Crippen LogP contribution in [0.15, 0.2) is 41.1 Å².